The van der Waals surface area contributed by atoms with Gasteiger partial charge in [0.1, 0.15) is 0 Å². The highest BCUT2D eigenvalue weighted by Gasteiger charge is 2.11. The van der Waals surface area contributed by atoms with Crippen molar-refractivity contribution in [3.8, 4) is 0 Å². The monoisotopic (exact) mass is 486 g/mol. The van der Waals surface area contributed by atoms with Crippen LogP contribution in [0.5, 0.6) is 0 Å². The van der Waals surface area contributed by atoms with Crippen molar-refractivity contribution in [1.82, 2.24) is 5.32 Å². The largest absolute Gasteiger partial charge is 0.376 e. The lowest BCUT2D eigenvalue weighted by atomic mass is 10.1. The summed E-state index contributed by atoms with van der Waals surface area (Å²) in [5, 5.41) is 11.7. The van der Waals surface area contributed by atoms with Crippen LogP contribution >= 0.6 is 0 Å². The standard InChI is InChI=1S/C29H34N4O3/c1-3-4-6-14-27(34)32-25-12-9-13-26(19-25)33-28(35)20-30-24-17-15-23(16-18-24)29(36)31-21(2)22-10-7-5-8-11-22/h5,7-13,15-19,21,30H,3-4,6,14,20H2,1-2H3,(H,31,36)(H,32,34)(H,33,35). The van der Waals surface area contributed by atoms with E-state index in [0.29, 0.717) is 23.4 Å². The van der Waals surface area contributed by atoms with Gasteiger partial charge in [-0.15, -0.1) is 0 Å². The van der Waals surface area contributed by atoms with E-state index in [-0.39, 0.29) is 30.3 Å². The van der Waals surface area contributed by atoms with E-state index in [4.69, 9.17) is 0 Å². The molecule has 3 amide bonds. The van der Waals surface area contributed by atoms with E-state index in [1.54, 1.807) is 48.5 Å². The molecule has 36 heavy (non-hydrogen) atoms. The Balaban J connectivity index is 1.45. The zero-order chi connectivity index (χ0) is 25.8. The third kappa shape index (κ3) is 8.58. The summed E-state index contributed by atoms with van der Waals surface area (Å²) in [6.45, 7) is 4.10. The Morgan fingerprint density at radius 3 is 2.08 bits per heavy atom. The fraction of sp³-hybridized carbons (Fsp3) is 0.276. The third-order valence-corrected chi connectivity index (χ3v) is 5.68. The van der Waals surface area contributed by atoms with E-state index >= 15 is 0 Å². The molecule has 0 saturated carbocycles. The zero-order valence-corrected chi connectivity index (χ0v) is 20.8. The minimum atomic E-state index is -0.222. The molecule has 3 rings (SSSR count). The van der Waals surface area contributed by atoms with Gasteiger partial charge in [-0.25, -0.2) is 0 Å². The van der Waals surface area contributed by atoms with Crippen molar-refractivity contribution >= 4 is 34.8 Å². The molecule has 0 bridgehead atoms. The molecule has 1 unspecified atom stereocenters. The SMILES string of the molecule is CCCCCC(=O)Nc1cccc(NC(=O)CNc2ccc(C(=O)NC(C)c3ccccc3)cc2)c1. The van der Waals surface area contributed by atoms with Gasteiger partial charge in [0, 0.05) is 29.0 Å². The van der Waals surface area contributed by atoms with Gasteiger partial charge in [-0.3, -0.25) is 14.4 Å². The molecule has 0 fully saturated rings. The normalized spacial score (nSPS) is 11.3. The molecule has 0 saturated heterocycles. The Morgan fingerprint density at radius 1 is 0.750 bits per heavy atom. The maximum Gasteiger partial charge on any atom is 0.251 e. The molecule has 0 aliphatic carbocycles. The van der Waals surface area contributed by atoms with Crippen LogP contribution in [-0.4, -0.2) is 24.3 Å². The first-order valence-electron chi connectivity index (χ1n) is 12.3. The minimum absolute atomic E-state index is 0.0276. The summed E-state index contributed by atoms with van der Waals surface area (Å²) in [6, 6.07) is 23.7. The number of rotatable bonds is 12. The van der Waals surface area contributed by atoms with Crippen LogP contribution in [0, 0.1) is 0 Å². The lowest BCUT2D eigenvalue weighted by Crippen LogP contribution is -2.26. The molecule has 3 aromatic rings. The van der Waals surface area contributed by atoms with Crippen molar-refractivity contribution in [1.29, 1.82) is 0 Å². The van der Waals surface area contributed by atoms with Crippen LogP contribution in [0.25, 0.3) is 0 Å². The summed E-state index contributed by atoms with van der Waals surface area (Å²) < 4.78 is 0. The molecular weight excluding hydrogens is 452 g/mol. The van der Waals surface area contributed by atoms with Gasteiger partial charge in [0.05, 0.1) is 12.6 Å². The van der Waals surface area contributed by atoms with Gasteiger partial charge >= 0.3 is 0 Å². The van der Waals surface area contributed by atoms with Gasteiger partial charge < -0.3 is 21.3 Å². The van der Waals surface area contributed by atoms with Gasteiger partial charge in [0.25, 0.3) is 5.91 Å². The topological polar surface area (TPSA) is 99.3 Å². The van der Waals surface area contributed by atoms with Crippen LogP contribution in [0.3, 0.4) is 0 Å². The second kappa shape index (κ2) is 13.7. The molecule has 0 spiro atoms. The van der Waals surface area contributed by atoms with E-state index < -0.39 is 0 Å². The van der Waals surface area contributed by atoms with Gasteiger partial charge in [0.2, 0.25) is 11.8 Å². The maximum atomic E-state index is 12.5. The highest BCUT2D eigenvalue weighted by atomic mass is 16.2. The average molecular weight is 487 g/mol. The number of amides is 3. The number of anilines is 3. The molecule has 1 atom stereocenters. The first-order valence-corrected chi connectivity index (χ1v) is 12.3. The molecule has 0 radical (unpaired) electrons. The maximum absolute atomic E-state index is 12.5. The van der Waals surface area contributed by atoms with Crippen LogP contribution in [-0.2, 0) is 9.59 Å². The summed E-state index contributed by atoms with van der Waals surface area (Å²) in [7, 11) is 0. The van der Waals surface area contributed by atoms with E-state index in [1.165, 1.54) is 0 Å². The van der Waals surface area contributed by atoms with E-state index in [1.807, 2.05) is 37.3 Å². The number of carbonyl (C=O) groups excluding carboxylic acids is 3. The van der Waals surface area contributed by atoms with Crippen LogP contribution in [0.4, 0.5) is 17.1 Å². The number of unbranched alkanes of at least 4 members (excludes halogenated alkanes) is 2. The Hall–Kier alpha value is -4.13. The van der Waals surface area contributed by atoms with Gasteiger partial charge in [-0.05, 0) is 61.4 Å². The van der Waals surface area contributed by atoms with E-state index in [0.717, 1.165) is 30.5 Å². The molecule has 7 nitrogen and oxygen atoms in total. The molecular formula is C29H34N4O3. The lowest BCUT2D eigenvalue weighted by molar-refractivity contribution is -0.116. The Morgan fingerprint density at radius 2 is 1.42 bits per heavy atom. The summed E-state index contributed by atoms with van der Waals surface area (Å²) in [5.41, 5.74) is 3.56. The van der Waals surface area contributed by atoms with E-state index in [9.17, 15) is 14.4 Å². The van der Waals surface area contributed by atoms with Crippen LogP contribution in [0.1, 0.15) is 61.5 Å². The first-order chi connectivity index (χ1) is 17.4. The van der Waals surface area contributed by atoms with Gasteiger partial charge in [0.15, 0.2) is 0 Å². The highest BCUT2D eigenvalue weighted by molar-refractivity contribution is 5.96. The van der Waals surface area contributed by atoms with Crippen molar-refractivity contribution in [2.45, 2.75) is 45.6 Å². The molecule has 0 aliphatic heterocycles. The summed E-state index contributed by atoms with van der Waals surface area (Å²) >= 11 is 0. The predicted molar refractivity (Wildman–Crippen MR) is 145 cm³/mol. The number of nitrogens with one attached hydrogen (secondary N) is 4. The Labute approximate surface area is 212 Å². The summed E-state index contributed by atoms with van der Waals surface area (Å²) in [5.74, 6) is -0.409. The molecule has 0 aromatic heterocycles. The van der Waals surface area contributed by atoms with Crippen molar-refractivity contribution in [3.05, 3.63) is 90.0 Å². The van der Waals surface area contributed by atoms with Crippen LogP contribution in [0.2, 0.25) is 0 Å². The third-order valence-electron chi connectivity index (χ3n) is 5.68. The fourth-order valence-corrected chi connectivity index (χ4v) is 3.67. The first kappa shape index (κ1) is 26.5. The predicted octanol–water partition coefficient (Wildman–Crippen LogP) is 5.75. The Kier molecular flexibility index (Phi) is 10.1. The van der Waals surface area contributed by atoms with Crippen LogP contribution in [0.15, 0.2) is 78.9 Å². The van der Waals surface area contributed by atoms with Crippen molar-refractivity contribution in [2.24, 2.45) is 0 Å². The number of carbonyl (C=O) groups is 3. The molecule has 188 valence electrons. The summed E-state index contributed by atoms with van der Waals surface area (Å²) in [6.07, 6.45) is 3.44. The molecule has 4 N–H and O–H groups in total. The molecule has 0 aliphatic rings. The molecule has 3 aromatic carbocycles. The van der Waals surface area contributed by atoms with Gasteiger partial charge in [-0.1, -0.05) is 56.2 Å². The second-order valence-electron chi connectivity index (χ2n) is 8.67. The van der Waals surface area contributed by atoms with Crippen molar-refractivity contribution in [3.63, 3.8) is 0 Å². The molecule has 0 heterocycles. The van der Waals surface area contributed by atoms with E-state index in [2.05, 4.69) is 28.2 Å². The lowest BCUT2D eigenvalue weighted by Gasteiger charge is -2.14. The number of benzene rings is 3. The minimum Gasteiger partial charge on any atom is -0.376 e. The fourth-order valence-electron chi connectivity index (χ4n) is 3.67. The van der Waals surface area contributed by atoms with Crippen LogP contribution < -0.4 is 21.3 Å². The number of hydrogen-bond donors (Lipinski definition) is 4. The smallest absolute Gasteiger partial charge is 0.251 e. The quantitative estimate of drug-likeness (QED) is 0.245. The van der Waals surface area contributed by atoms with Crippen molar-refractivity contribution < 1.29 is 14.4 Å². The summed E-state index contributed by atoms with van der Waals surface area (Å²) in [4.78, 5) is 37.0. The Bertz CT molecular complexity index is 1150. The second-order valence-corrected chi connectivity index (χ2v) is 8.67. The molecule has 7 heteroatoms. The van der Waals surface area contributed by atoms with Crippen molar-refractivity contribution in [2.75, 3.05) is 22.5 Å². The highest BCUT2D eigenvalue weighted by Crippen LogP contribution is 2.17. The zero-order valence-electron chi connectivity index (χ0n) is 20.8. The van der Waals surface area contributed by atoms with Gasteiger partial charge in [-0.2, -0.15) is 0 Å². The average Bonchev–Trinajstić information content (AvgIpc) is 2.88. The number of hydrogen-bond acceptors (Lipinski definition) is 4.